The number of rotatable bonds is 0. The van der Waals surface area contributed by atoms with Gasteiger partial charge in [0.05, 0.1) is 0 Å². The molecule has 18 aliphatic rings. The molecule has 24 atom stereocenters. The van der Waals surface area contributed by atoms with Gasteiger partial charge in [-0.2, -0.15) is 0 Å². The van der Waals surface area contributed by atoms with Gasteiger partial charge in [0.25, 0.3) is 0 Å². The molecule has 10 spiro atoms. The molecule has 18 fully saturated rings. The Morgan fingerprint density at radius 3 is 1.52 bits per heavy atom. The van der Waals surface area contributed by atoms with Crippen LogP contribution in [-0.2, 0) is 0 Å². The van der Waals surface area contributed by atoms with Crippen LogP contribution < -0.4 is 5.32 Å². The fraction of sp³-hybridized carbons (Fsp3) is 1.00. The molecular weight excluding hydrogens is 350 g/mol. The third-order valence-corrected chi connectivity index (χ3v) is 22.2. The Kier molecular flexibility index (Phi) is 0.657. The van der Waals surface area contributed by atoms with Crippen LogP contribution in [0.25, 0.3) is 0 Å². The van der Waals surface area contributed by atoms with E-state index in [1.54, 1.807) is 19.3 Å². The van der Waals surface area contributed by atoms with Crippen molar-refractivity contribution in [2.24, 2.45) is 131 Å². The van der Waals surface area contributed by atoms with Crippen LogP contribution in [0.3, 0.4) is 0 Å². The zero-order valence-corrected chi connectivity index (χ0v) is 16.4. The topological polar surface area (TPSA) is 12.0 Å². The van der Waals surface area contributed by atoms with Crippen LogP contribution in [0.5, 0.6) is 0 Å². The first-order valence-electron chi connectivity index (χ1n) is 14.1. The molecule has 0 aromatic heterocycles. The number of nitrogens with one attached hydrogen (secondary N) is 1. The van der Waals surface area contributed by atoms with Crippen molar-refractivity contribution in [3.8, 4) is 0 Å². The Morgan fingerprint density at radius 1 is 0.414 bits per heavy atom. The first kappa shape index (κ1) is 10.7. The van der Waals surface area contributed by atoms with Gasteiger partial charge in [0.1, 0.15) is 0 Å². The van der Waals surface area contributed by atoms with Crippen molar-refractivity contribution in [2.75, 3.05) is 6.54 Å². The highest BCUT2D eigenvalue weighted by Crippen LogP contribution is 3.48. The van der Waals surface area contributed by atoms with E-state index in [4.69, 9.17) is 0 Å². The highest BCUT2D eigenvalue weighted by atomic mass is 15.5. The zero-order chi connectivity index (χ0) is 16.6. The molecular formula is C28H23N. The van der Waals surface area contributed by atoms with E-state index >= 15 is 0 Å². The monoisotopic (exact) mass is 373 g/mol. The normalized spacial score (nSPS) is 122. The third-order valence-electron chi connectivity index (χ3n) is 22.2. The van der Waals surface area contributed by atoms with Crippen LogP contribution in [0.2, 0.25) is 0 Å². The van der Waals surface area contributed by atoms with Crippen LogP contribution in [-0.4, -0.2) is 12.6 Å². The number of hydrogen-bond donors (Lipinski definition) is 1. The lowest BCUT2D eigenvalue weighted by Gasteiger charge is -3.47. The largest absolute Gasteiger partial charge is 0.313 e. The van der Waals surface area contributed by atoms with Crippen molar-refractivity contribution in [1.29, 1.82) is 0 Å². The molecule has 0 bridgehead atoms. The molecule has 17 aliphatic carbocycles. The molecule has 17 saturated carbocycles. The summed E-state index contributed by atoms with van der Waals surface area (Å²) >= 11 is 0. The molecule has 0 radical (unpaired) electrons. The lowest BCUT2D eigenvalue weighted by atomic mass is 8.56. The van der Waals surface area contributed by atoms with Gasteiger partial charge in [-0.1, -0.05) is 0 Å². The molecule has 0 aromatic carbocycles. The van der Waals surface area contributed by atoms with Gasteiger partial charge in [0.15, 0.2) is 0 Å². The van der Waals surface area contributed by atoms with Gasteiger partial charge >= 0.3 is 0 Å². The second kappa shape index (κ2) is 1.78. The fourth-order valence-corrected chi connectivity index (χ4v) is 26.7. The minimum absolute atomic E-state index is 0.962. The van der Waals surface area contributed by atoms with E-state index in [2.05, 4.69) is 5.32 Å². The Hall–Kier alpha value is -0.0400. The smallest absolute Gasteiger partial charge is 0.0176 e. The van der Waals surface area contributed by atoms with Crippen LogP contribution >= 0.6 is 0 Å². The zero-order valence-electron chi connectivity index (χ0n) is 16.4. The summed E-state index contributed by atoms with van der Waals surface area (Å²) in [6, 6.07) is 1.07. The Labute approximate surface area is 168 Å². The second-order valence-corrected chi connectivity index (χ2v) is 17.3. The number of fused-ring (bicyclic) bond motifs is 10. The maximum Gasteiger partial charge on any atom is 0.0176 e. The van der Waals surface area contributed by atoms with Gasteiger partial charge in [-0.3, -0.25) is 0 Å². The van der Waals surface area contributed by atoms with E-state index in [1.165, 1.54) is 83.5 Å². The molecule has 140 valence electrons. The molecule has 29 heavy (non-hydrogen) atoms. The van der Waals surface area contributed by atoms with E-state index in [1.807, 2.05) is 0 Å². The molecule has 0 aromatic rings. The van der Waals surface area contributed by atoms with E-state index in [0.717, 1.165) is 60.2 Å². The van der Waals surface area contributed by atoms with Crippen LogP contribution in [0.15, 0.2) is 0 Å². The van der Waals surface area contributed by atoms with E-state index < -0.39 is 0 Å². The molecule has 1 heterocycles. The van der Waals surface area contributed by atoms with Crippen molar-refractivity contribution >= 4 is 0 Å². The molecule has 1 heteroatoms. The van der Waals surface area contributed by atoms with E-state index in [9.17, 15) is 0 Å². The first-order chi connectivity index (χ1) is 14.4. The third kappa shape index (κ3) is 0.283. The highest BCUT2D eigenvalue weighted by molar-refractivity contribution is 5.92. The van der Waals surface area contributed by atoms with Gasteiger partial charge in [-0.15, -0.1) is 0 Å². The quantitative estimate of drug-likeness (QED) is 0.687. The van der Waals surface area contributed by atoms with Gasteiger partial charge in [0.2, 0.25) is 0 Å². The Bertz CT molecular complexity index is 1450. The Balaban J connectivity index is 1.12. The van der Waals surface area contributed by atoms with Crippen molar-refractivity contribution in [3.63, 3.8) is 0 Å². The summed E-state index contributed by atoms with van der Waals surface area (Å²) in [4.78, 5) is 0. The molecule has 24 unspecified atom stereocenters. The first-order valence-corrected chi connectivity index (χ1v) is 14.1. The standard InChI is InChI=1S/C28H23N/c1-5-6-2-9-14-16-17-18-22-11(4-29-18)7-3-10-13-15-12-8(1)19(5)20(6,9)24(14)23(12,19)27(15)25(13,21(7,10)22)26(17,22)28(16,24)27/h5-18,29H,1-4H2. The summed E-state index contributed by atoms with van der Waals surface area (Å²) in [5, 5.41) is 4.30. The maximum absolute atomic E-state index is 4.30. The number of hydrogen-bond acceptors (Lipinski definition) is 1. The van der Waals surface area contributed by atoms with Crippen LogP contribution in [0.4, 0.5) is 0 Å². The van der Waals surface area contributed by atoms with Crippen molar-refractivity contribution in [3.05, 3.63) is 0 Å². The van der Waals surface area contributed by atoms with E-state index in [-0.39, 0.29) is 0 Å². The van der Waals surface area contributed by atoms with Crippen molar-refractivity contribution in [1.82, 2.24) is 5.32 Å². The minimum Gasteiger partial charge on any atom is -0.313 e. The summed E-state index contributed by atoms with van der Waals surface area (Å²) in [6.45, 7) is 1.48. The average molecular weight is 373 g/mol. The van der Waals surface area contributed by atoms with Crippen molar-refractivity contribution < 1.29 is 0 Å². The molecule has 18 rings (SSSR count). The molecule has 1 saturated heterocycles. The predicted octanol–water partition coefficient (Wildman–Crippen LogP) is 2.23. The summed E-state index contributed by atoms with van der Waals surface area (Å²) in [5.74, 6) is 17.0. The lowest BCUT2D eigenvalue weighted by Crippen LogP contribution is -3.46. The molecule has 1 aliphatic heterocycles. The summed E-state index contributed by atoms with van der Waals surface area (Å²) < 4.78 is 0. The van der Waals surface area contributed by atoms with Gasteiger partial charge in [-0.05, 0) is 151 Å². The average Bonchev–Trinajstić information content (AvgIpc) is 2.91. The molecule has 1 nitrogen and oxygen atoms in total. The summed E-state index contributed by atoms with van der Waals surface area (Å²) in [7, 11) is 0. The lowest BCUT2D eigenvalue weighted by molar-refractivity contribution is -1.02. The van der Waals surface area contributed by atoms with Gasteiger partial charge in [-0.25, -0.2) is 0 Å². The second-order valence-electron chi connectivity index (χ2n) is 17.3. The van der Waals surface area contributed by atoms with Crippen LogP contribution in [0.1, 0.15) is 19.3 Å². The Morgan fingerprint density at radius 2 is 0.897 bits per heavy atom. The SMILES string of the molecule is C1C2C3CC4C5C6C7C8NCC9C%10CC%11C%12C%13C%14C1C21C34C52C%141C%131C%123C%10%11C98C73C621. The van der Waals surface area contributed by atoms with Crippen LogP contribution in [0, 0.1) is 131 Å². The van der Waals surface area contributed by atoms with Gasteiger partial charge in [0, 0.05) is 11.5 Å². The van der Waals surface area contributed by atoms with E-state index in [0.29, 0.717) is 0 Å². The minimum atomic E-state index is 0.962. The maximum atomic E-state index is 4.30. The van der Waals surface area contributed by atoms with Gasteiger partial charge < -0.3 is 5.32 Å². The van der Waals surface area contributed by atoms with Crippen molar-refractivity contribution in [2.45, 2.75) is 25.3 Å². The summed E-state index contributed by atoms with van der Waals surface area (Å²) in [6.07, 6.45) is 5.25. The molecule has 1 N–H and O–H groups in total. The highest BCUT2D eigenvalue weighted by Gasteiger charge is 3.47. The summed E-state index contributed by atoms with van der Waals surface area (Å²) in [5.41, 5.74) is 10.6. The predicted molar refractivity (Wildman–Crippen MR) is 95.3 cm³/mol. The fourth-order valence-electron chi connectivity index (χ4n) is 26.7. The molecule has 0 amide bonds.